The lowest BCUT2D eigenvalue weighted by molar-refractivity contribution is 0.480. The van der Waals surface area contributed by atoms with E-state index in [0.29, 0.717) is 5.69 Å². The highest BCUT2D eigenvalue weighted by molar-refractivity contribution is 6.13. The molecule has 0 fully saturated rings. The molecule has 0 saturated carbocycles. The Labute approximate surface area is 134 Å². The Hall–Kier alpha value is -3.00. The van der Waals surface area contributed by atoms with Gasteiger partial charge in [0.25, 0.3) is 0 Å². The van der Waals surface area contributed by atoms with Gasteiger partial charge in [-0.2, -0.15) is 0 Å². The van der Waals surface area contributed by atoms with Crippen molar-refractivity contribution in [2.45, 2.75) is 6.92 Å². The quantitative estimate of drug-likeness (QED) is 0.286. The molecule has 0 spiro atoms. The molecule has 0 aliphatic carbocycles. The number of nitrogens with two attached hydrogens (primary N) is 1. The van der Waals surface area contributed by atoms with Gasteiger partial charge in [0.1, 0.15) is 5.75 Å². The second-order valence-corrected chi connectivity index (χ2v) is 5.94. The smallest absolute Gasteiger partial charge is 0.146 e. The third-order valence-corrected chi connectivity index (χ3v) is 4.32. The molecular weight excluding hydrogens is 282 g/mol. The zero-order valence-corrected chi connectivity index (χ0v) is 12.9. The second-order valence-electron chi connectivity index (χ2n) is 5.94. The van der Waals surface area contributed by atoms with E-state index in [1.807, 2.05) is 37.3 Å². The average molecular weight is 299 g/mol. The molecule has 3 N–H and O–H groups in total. The van der Waals surface area contributed by atoms with Crippen LogP contribution in [0.15, 0.2) is 66.7 Å². The van der Waals surface area contributed by atoms with Crippen LogP contribution in [0.3, 0.4) is 0 Å². The predicted molar refractivity (Wildman–Crippen MR) is 97.7 cm³/mol. The Morgan fingerprint density at radius 2 is 1.35 bits per heavy atom. The Kier molecular flexibility index (Phi) is 2.98. The minimum atomic E-state index is 0.150. The molecule has 0 aliphatic rings. The van der Waals surface area contributed by atoms with Gasteiger partial charge in [-0.1, -0.05) is 48.5 Å². The summed E-state index contributed by atoms with van der Waals surface area (Å²) in [5.41, 5.74) is 9.27. The van der Waals surface area contributed by atoms with Crippen molar-refractivity contribution in [2.75, 3.05) is 5.73 Å². The standard InChI is InChI=1S/C21H17NO/c1-13-10-18(21(23)19(22)11-13)20-16-8-4-2-6-14(16)12-15-7-3-5-9-17(15)20/h2-12,23H,22H2,1H3. The van der Waals surface area contributed by atoms with E-state index in [9.17, 15) is 5.11 Å². The van der Waals surface area contributed by atoms with Gasteiger partial charge in [0.2, 0.25) is 0 Å². The summed E-state index contributed by atoms with van der Waals surface area (Å²) >= 11 is 0. The van der Waals surface area contributed by atoms with Crippen LogP contribution in [0.2, 0.25) is 0 Å². The van der Waals surface area contributed by atoms with Crippen molar-refractivity contribution in [2.24, 2.45) is 0 Å². The summed E-state index contributed by atoms with van der Waals surface area (Å²) in [6.45, 7) is 1.99. The lowest BCUT2D eigenvalue weighted by atomic mass is 9.90. The molecule has 4 aromatic carbocycles. The Morgan fingerprint density at radius 3 is 1.96 bits per heavy atom. The molecule has 0 amide bonds. The van der Waals surface area contributed by atoms with Crippen molar-refractivity contribution in [1.82, 2.24) is 0 Å². The molecule has 4 rings (SSSR count). The summed E-state index contributed by atoms with van der Waals surface area (Å²) < 4.78 is 0. The second kappa shape index (κ2) is 5.03. The monoisotopic (exact) mass is 299 g/mol. The summed E-state index contributed by atoms with van der Waals surface area (Å²) in [7, 11) is 0. The van der Waals surface area contributed by atoms with Gasteiger partial charge in [-0.3, -0.25) is 0 Å². The van der Waals surface area contributed by atoms with Gasteiger partial charge < -0.3 is 10.8 Å². The average Bonchev–Trinajstić information content (AvgIpc) is 2.56. The first-order chi connectivity index (χ1) is 11.1. The summed E-state index contributed by atoms with van der Waals surface area (Å²) in [6.07, 6.45) is 0. The van der Waals surface area contributed by atoms with Crippen LogP contribution in [0.5, 0.6) is 5.75 Å². The van der Waals surface area contributed by atoms with E-state index in [4.69, 9.17) is 5.73 Å². The number of anilines is 1. The van der Waals surface area contributed by atoms with E-state index < -0.39 is 0 Å². The van der Waals surface area contributed by atoms with Crippen LogP contribution < -0.4 is 5.73 Å². The molecule has 0 aliphatic heterocycles. The number of aryl methyl sites for hydroxylation is 1. The number of nitrogen functional groups attached to an aromatic ring is 1. The number of phenolic OH excluding ortho intramolecular Hbond substituents is 1. The lowest BCUT2D eigenvalue weighted by Gasteiger charge is -2.15. The third-order valence-electron chi connectivity index (χ3n) is 4.32. The molecular formula is C21H17NO. The van der Waals surface area contributed by atoms with Crippen LogP contribution in [0.1, 0.15) is 5.56 Å². The van der Waals surface area contributed by atoms with Gasteiger partial charge in [0.15, 0.2) is 0 Å². The first kappa shape index (κ1) is 13.6. The molecule has 2 nitrogen and oxygen atoms in total. The number of fused-ring (bicyclic) bond motifs is 2. The summed E-state index contributed by atoms with van der Waals surface area (Å²) in [5, 5.41) is 15.1. The Bertz CT molecular complexity index is 996. The SMILES string of the molecule is Cc1cc(N)c(O)c(-c2c3ccccc3cc3ccccc23)c1. The van der Waals surface area contributed by atoms with Crippen molar-refractivity contribution in [3.63, 3.8) is 0 Å². The largest absolute Gasteiger partial charge is 0.505 e. The van der Waals surface area contributed by atoms with Crippen molar-refractivity contribution in [3.8, 4) is 16.9 Å². The van der Waals surface area contributed by atoms with Gasteiger partial charge in [-0.05, 0) is 52.2 Å². The molecule has 23 heavy (non-hydrogen) atoms. The van der Waals surface area contributed by atoms with Crippen LogP contribution in [0.25, 0.3) is 32.7 Å². The molecule has 0 heterocycles. The zero-order chi connectivity index (χ0) is 16.0. The molecule has 0 saturated heterocycles. The van der Waals surface area contributed by atoms with E-state index in [1.165, 1.54) is 0 Å². The Balaban J connectivity index is 2.24. The van der Waals surface area contributed by atoms with E-state index >= 15 is 0 Å². The maximum Gasteiger partial charge on any atom is 0.146 e. The molecule has 0 bridgehead atoms. The fourth-order valence-corrected chi connectivity index (χ4v) is 3.30. The van der Waals surface area contributed by atoms with Crippen molar-refractivity contribution < 1.29 is 5.11 Å². The van der Waals surface area contributed by atoms with Crippen molar-refractivity contribution >= 4 is 27.2 Å². The highest BCUT2D eigenvalue weighted by Crippen LogP contribution is 2.42. The highest BCUT2D eigenvalue weighted by atomic mass is 16.3. The van der Waals surface area contributed by atoms with Crippen LogP contribution in [0.4, 0.5) is 5.69 Å². The van der Waals surface area contributed by atoms with Gasteiger partial charge >= 0.3 is 0 Å². The van der Waals surface area contributed by atoms with E-state index in [-0.39, 0.29) is 5.75 Å². The fourth-order valence-electron chi connectivity index (χ4n) is 3.30. The minimum Gasteiger partial charge on any atom is -0.505 e. The summed E-state index contributed by atoms with van der Waals surface area (Å²) in [6, 6.07) is 22.5. The maximum atomic E-state index is 10.6. The third kappa shape index (κ3) is 2.11. The number of hydrogen-bond acceptors (Lipinski definition) is 2. The number of aromatic hydroxyl groups is 1. The maximum absolute atomic E-state index is 10.6. The van der Waals surface area contributed by atoms with Crippen LogP contribution >= 0.6 is 0 Å². The summed E-state index contributed by atoms with van der Waals surface area (Å²) in [5.74, 6) is 0.150. The number of phenols is 1. The first-order valence-electron chi connectivity index (χ1n) is 7.65. The van der Waals surface area contributed by atoms with Crippen LogP contribution in [-0.4, -0.2) is 5.11 Å². The van der Waals surface area contributed by atoms with Crippen molar-refractivity contribution in [3.05, 3.63) is 72.3 Å². The normalized spacial score (nSPS) is 11.2. The number of hydrogen-bond donors (Lipinski definition) is 2. The van der Waals surface area contributed by atoms with Gasteiger partial charge in [0, 0.05) is 11.1 Å². The zero-order valence-electron chi connectivity index (χ0n) is 12.9. The number of benzene rings is 4. The highest BCUT2D eigenvalue weighted by Gasteiger charge is 2.15. The molecule has 112 valence electrons. The molecule has 0 unspecified atom stereocenters. The van der Waals surface area contributed by atoms with Gasteiger partial charge in [0.05, 0.1) is 5.69 Å². The lowest BCUT2D eigenvalue weighted by Crippen LogP contribution is -1.92. The molecule has 0 radical (unpaired) electrons. The molecule has 4 aromatic rings. The molecule has 2 heteroatoms. The van der Waals surface area contributed by atoms with E-state index in [0.717, 1.165) is 38.2 Å². The van der Waals surface area contributed by atoms with Crippen LogP contribution in [-0.2, 0) is 0 Å². The topological polar surface area (TPSA) is 46.2 Å². The molecule has 0 atom stereocenters. The summed E-state index contributed by atoms with van der Waals surface area (Å²) in [4.78, 5) is 0. The number of rotatable bonds is 1. The van der Waals surface area contributed by atoms with Gasteiger partial charge in [-0.15, -0.1) is 0 Å². The molecule has 0 aromatic heterocycles. The Morgan fingerprint density at radius 1 is 0.783 bits per heavy atom. The fraction of sp³-hybridized carbons (Fsp3) is 0.0476. The van der Waals surface area contributed by atoms with Crippen LogP contribution in [0, 0.1) is 6.92 Å². The minimum absolute atomic E-state index is 0.150. The van der Waals surface area contributed by atoms with E-state index in [1.54, 1.807) is 6.07 Å². The van der Waals surface area contributed by atoms with Crippen molar-refractivity contribution in [1.29, 1.82) is 0 Å². The van der Waals surface area contributed by atoms with E-state index in [2.05, 4.69) is 30.3 Å². The van der Waals surface area contributed by atoms with Gasteiger partial charge in [-0.25, -0.2) is 0 Å². The predicted octanol–water partition coefficient (Wildman–Crippen LogP) is 5.26. The first-order valence-corrected chi connectivity index (χ1v) is 7.65.